The summed E-state index contributed by atoms with van der Waals surface area (Å²) in [4.78, 5) is 9.18. The first kappa shape index (κ1) is 16.1. The molecule has 1 N–H and O–H groups in total. The molecule has 19 heavy (non-hydrogen) atoms. The van der Waals surface area contributed by atoms with Gasteiger partial charge in [-0.25, -0.2) is 9.97 Å². The fourth-order valence-corrected chi connectivity index (χ4v) is 2.35. The minimum Gasteiger partial charge on any atom is -0.374 e. The normalized spacial score (nSPS) is 14.4. The zero-order valence-corrected chi connectivity index (χ0v) is 13.1. The first-order valence-corrected chi connectivity index (χ1v) is 7.09. The van der Waals surface area contributed by atoms with Gasteiger partial charge in [0.15, 0.2) is 5.82 Å². The van der Waals surface area contributed by atoms with Crippen molar-refractivity contribution in [3.05, 3.63) is 22.8 Å². The van der Waals surface area contributed by atoms with Gasteiger partial charge in [-0.1, -0.05) is 13.8 Å². The zero-order chi connectivity index (χ0) is 14.4. The summed E-state index contributed by atoms with van der Waals surface area (Å²) in [5, 5.41) is 3.46. The van der Waals surface area contributed by atoms with E-state index < -0.39 is 0 Å². The van der Waals surface area contributed by atoms with Gasteiger partial charge in [-0.3, -0.25) is 0 Å². The minimum atomic E-state index is -0.0556. The second kappa shape index (κ2) is 7.56. The first-order chi connectivity index (χ1) is 9.01. The van der Waals surface area contributed by atoms with E-state index in [1.165, 1.54) is 5.56 Å². The molecule has 108 valence electrons. The quantitative estimate of drug-likeness (QED) is 0.770. The highest BCUT2D eigenvalue weighted by Gasteiger charge is 2.17. The second-order valence-electron chi connectivity index (χ2n) is 5.15. The molecule has 0 aliphatic heterocycles. The lowest BCUT2D eigenvalue weighted by Crippen LogP contribution is -2.22. The van der Waals surface area contributed by atoms with Crippen molar-refractivity contribution in [2.45, 2.75) is 53.1 Å². The van der Waals surface area contributed by atoms with E-state index in [0.717, 1.165) is 36.7 Å². The van der Waals surface area contributed by atoms with E-state index in [0.29, 0.717) is 5.92 Å². The molecule has 0 bridgehead atoms. The van der Waals surface area contributed by atoms with Crippen LogP contribution in [-0.2, 0) is 4.74 Å². The van der Waals surface area contributed by atoms with Crippen molar-refractivity contribution in [3.63, 3.8) is 0 Å². The molecule has 2 atom stereocenters. The zero-order valence-electron chi connectivity index (χ0n) is 13.1. The molecule has 0 amide bonds. The van der Waals surface area contributed by atoms with E-state index in [9.17, 15) is 0 Å². The Hall–Kier alpha value is -1.00. The third-order valence-corrected chi connectivity index (χ3v) is 3.43. The molecule has 1 aromatic rings. The smallest absolute Gasteiger partial charge is 0.157 e. The van der Waals surface area contributed by atoms with Gasteiger partial charge in [0, 0.05) is 25.0 Å². The highest BCUT2D eigenvalue weighted by molar-refractivity contribution is 5.28. The summed E-state index contributed by atoms with van der Waals surface area (Å²) in [6, 6.07) is 0. The second-order valence-corrected chi connectivity index (χ2v) is 5.15. The van der Waals surface area contributed by atoms with E-state index in [2.05, 4.69) is 43.0 Å². The molecule has 0 radical (unpaired) electrons. The molecular weight excluding hydrogens is 238 g/mol. The molecule has 0 aliphatic rings. The summed E-state index contributed by atoms with van der Waals surface area (Å²) in [7, 11) is 1.68. The van der Waals surface area contributed by atoms with Crippen molar-refractivity contribution >= 4 is 0 Å². The summed E-state index contributed by atoms with van der Waals surface area (Å²) in [6.45, 7) is 12.5. The van der Waals surface area contributed by atoms with E-state index >= 15 is 0 Å². The Morgan fingerprint density at radius 3 is 2.21 bits per heavy atom. The summed E-state index contributed by atoms with van der Waals surface area (Å²) in [5.41, 5.74) is 3.39. The van der Waals surface area contributed by atoms with Crippen LogP contribution in [0, 0.1) is 13.8 Å². The lowest BCUT2D eigenvalue weighted by atomic mass is 9.98. The van der Waals surface area contributed by atoms with Gasteiger partial charge >= 0.3 is 0 Å². The number of methoxy groups -OCH3 is 1. The average Bonchev–Trinajstić information content (AvgIpc) is 2.37. The SMILES string of the molecule is CCCNCC(C)c1c(C)nc(C(C)OC)nc1C. The number of rotatable bonds is 7. The molecule has 0 aliphatic carbocycles. The van der Waals surface area contributed by atoms with Crippen molar-refractivity contribution in [2.75, 3.05) is 20.2 Å². The Labute approximate surface area is 117 Å². The van der Waals surface area contributed by atoms with E-state index in [4.69, 9.17) is 4.74 Å². The minimum absolute atomic E-state index is 0.0556. The van der Waals surface area contributed by atoms with Gasteiger partial charge in [-0.2, -0.15) is 0 Å². The number of hydrogen-bond donors (Lipinski definition) is 1. The maximum atomic E-state index is 5.29. The van der Waals surface area contributed by atoms with Crippen LogP contribution in [0.3, 0.4) is 0 Å². The number of aromatic nitrogens is 2. The van der Waals surface area contributed by atoms with Crippen LogP contribution in [0.4, 0.5) is 0 Å². The van der Waals surface area contributed by atoms with E-state index in [1.807, 2.05) is 6.92 Å². The highest BCUT2D eigenvalue weighted by Crippen LogP contribution is 2.23. The molecule has 2 unspecified atom stereocenters. The Bertz CT molecular complexity index is 383. The fourth-order valence-electron chi connectivity index (χ4n) is 2.35. The topological polar surface area (TPSA) is 47.0 Å². The van der Waals surface area contributed by atoms with Gasteiger partial charge in [-0.05, 0) is 45.2 Å². The number of nitrogens with zero attached hydrogens (tertiary/aromatic N) is 2. The van der Waals surface area contributed by atoms with Crippen LogP contribution in [0.25, 0.3) is 0 Å². The number of ether oxygens (including phenoxy) is 1. The first-order valence-electron chi connectivity index (χ1n) is 7.09. The van der Waals surface area contributed by atoms with Crippen LogP contribution in [0.2, 0.25) is 0 Å². The molecule has 0 saturated carbocycles. The highest BCUT2D eigenvalue weighted by atomic mass is 16.5. The third kappa shape index (κ3) is 4.25. The summed E-state index contributed by atoms with van der Waals surface area (Å²) < 4.78 is 5.29. The van der Waals surface area contributed by atoms with Gasteiger partial charge in [0.2, 0.25) is 0 Å². The summed E-state index contributed by atoms with van der Waals surface area (Å²) in [6.07, 6.45) is 1.10. The molecule has 0 spiro atoms. The predicted molar refractivity (Wildman–Crippen MR) is 78.5 cm³/mol. The van der Waals surface area contributed by atoms with Crippen LogP contribution in [0.15, 0.2) is 0 Å². The molecule has 1 heterocycles. The van der Waals surface area contributed by atoms with Crippen LogP contribution in [-0.4, -0.2) is 30.2 Å². The van der Waals surface area contributed by atoms with Gasteiger partial charge in [-0.15, -0.1) is 0 Å². The maximum Gasteiger partial charge on any atom is 0.157 e. The molecule has 0 fully saturated rings. The molecule has 0 aromatic carbocycles. The van der Waals surface area contributed by atoms with Crippen LogP contribution in [0.5, 0.6) is 0 Å². The molecule has 1 rings (SSSR count). The third-order valence-electron chi connectivity index (χ3n) is 3.43. The van der Waals surface area contributed by atoms with E-state index in [1.54, 1.807) is 7.11 Å². The lowest BCUT2D eigenvalue weighted by molar-refractivity contribution is 0.111. The van der Waals surface area contributed by atoms with E-state index in [-0.39, 0.29) is 6.10 Å². The van der Waals surface area contributed by atoms with Gasteiger partial charge in [0.05, 0.1) is 0 Å². The molecule has 1 aromatic heterocycles. The molecule has 4 heteroatoms. The Balaban J connectivity index is 2.90. The summed E-state index contributed by atoms with van der Waals surface area (Å²) in [5.74, 6) is 1.20. The lowest BCUT2D eigenvalue weighted by Gasteiger charge is -2.19. The Morgan fingerprint density at radius 1 is 1.16 bits per heavy atom. The fraction of sp³-hybridized carbons (Fsp3) is 0.733. The average molecular weight is 265 g/mol. The number of nitrogens with one attached hydrogen (secondary N) is 1. The molecule has 0 saturated heterocycles. The standard InChI is InChI=1S/C15H27N3O/c1-7-8-16-9-10(2)14-11(3)17-15(13(5)19-6)18-12(14)4/h10,13,16H,7-9H2,1-6H3. The van der Waals surface area contributed by atoms with Gasteiger partial charge in [0.25, 0.3) is 0 Å². The molecular formula is C15H27N3O. The van der Waals surface area contributed by atoms with Crippen molar-refractivity contribution in [1.82, 2.24) is 15.3 Å². The van der Waals surface area contributed by atoms with Gasteiger partial charge < -0.3 is 10.1 Å². The van der Waals surface area contributed by atoms with Crippen LogP contribution >= 0.6 is 0 Å². The maximum absolute atomic E-state index is 5.29. The van der Waals surface area contributed by atoms with Crippen molar-refractivity contribution in [1.29, 1.82) is 0 Å². The monoisotopic (exact) mass is 265 g/mol. The van der Waals surface area contributed by atoms with Crippen LogP contribution < -0.4 is 5.32 Å². The largest absolute Gasteiger partial charge is 0.374 e. The Morgan fingerprint density at radius 2 is 1.74 bits per heavy atom. The number of hydrogen-bond acceptors (Lipinski definition) is 4. The predicted octanol–water partition coefficient (Wildman–Crippen LogP) is 2.90. The van der Waals surface area contributed by atoms with Crippen molar-refractivity contribution < 1.29 is 4.74 Å². The number of aryl methyl sites for hydroxylation is 2. The van der Waals surface area contributed by atoms with Crippen molar-refractivity contribution in [3.8, 4) is 0 Å². The van der Waals surface area contributed by atoms with Gasteiger partial charge in [0.1, 0.15) is 6.10 Å². The van der Waals surface area contributed by atoms with Crippen molar-refractivity contribution in [2.24, 2.45) is 0 Å². The Kier molecular flexibility index (Phi) is 6.38. The van der Waals surface area contributed by atoms with Crippen LogP contribution in [0.1, 0.15) is 62.0 Å². The summed E-state index contributed by atoms with van der Waals surface area (Å²) >= 11 is 0. The molecule has 4 nitrogen and oxygen atoms in total.